The zero-order chi connectivity index (χ0) is 23.4. The minimum atomic E-state index is -0.333. The summed E-state index contributed by atoms with van der Waals surface area (Å²) in [7, 11) is 0. The highest BCUT2D eigenvalue weighted by atomic mass is 35.5. The molecule has 1 aliphatic rings. The van der Waals surface area contributed by atoms with Crippen LogP contribution in [0, 0.1) is 5.82 Å². The summed E-state index contributed by atoms with van der Waals surface area (Å²) in [5, 5.41) is 14.7. The van der Waals surface area contributed by atoms with E-state index in [-0.39, 0.29) is 23.2 Å². The Bertz CT molecular complexity index is 1200. The fraction of sp³-hybridized carbons (Fsp3) is 0.250. The number of benzene rings is 2. The minimum absolute atomic E-state index is 0.0708. The molecule has 170 valence electrons. The van der Waals surface area contributed by atoms with Crippen LogP contribution in [0.25, 0.3) is 0 Å². The number of carbonyl (C=O) groups excluding carboxylic acids is 2. The van der Waals surface area contributed by atoms with Gasteiger partial charge in [0, 0.05) is 38.3 Å². The average Bonchev–Trinajstić information content (AvgIpc) is 3.32. The molecular formula is C24H23ClFN5O2. The van der Waals surface area contributed by atoms with E-state index < -0.39 is 0 Å². The molecule has 7 nitrogen and oxygen atoms in total. The molecule has 0 bridgehead atoms. The van der Waals surface area contributed by atoms with Crippen LogP contribution >= 0.6 is 11.6 Å². The monoisotopic (exact) mass is 467 g/mol. The van der Waals surface area contributed by atoms with Crippen LogP contribution in [0.2, 0.25) is 5.02 Å². The molecule has 2 heterocycles. The van der Waals surface area contributed by atoms with Gasteiger partial charge in [0.15, 0.2) is 17.3 Å². The van der Waals surface area contributed by atoms with E-state index in [0.717, 1.165) is 31.5 Å². The van der Waals surface area contributed by atoms with Gasteiger partial charge in [0.05, 0.1) is 16.3 Å². The number of nitrogens with zero attached hydrogens (tertiary/aromatic N) is 3. The molecule has 2 aromatic carbocycles. The van der Waals surface area contributed by atoms with Crippen LogP contribution < -0.4 is 10.6 Å². The molecule has 9 heteroatoms. The van der Waals surface area contributed by atoms with Crippen molar-refractivity contribution in [2.24, 2.45) is 0 Å². The minimum Gasteiger partial charge on any atom is -0.379 e. The maximum atomic E-state index is 13.5. The second-order valence-corrected chi connectivity index (χ2v) is 8.26. The molecule has 4 rings (SSSR count). The number of anilines is 3. The highest BCUT2D eigenvalue weighted by molar-refractivity contribution is 6.34. The summed E-state index contributed by atoms with van der Waals surface area (Å²) < 4.78 is 13.5. The zero-order valence-electron chi connectivity index (χ0n) is 18.1. The zero-order valence-corrected chi connectivity index (χ0v) is 18.8. The Balaban J connectivity index is 1.51. The first-order chi connectivity index (χ1) is 15.9. The third-order valence-electron chi connectivity index (χ3n) is 5.36. The van der Waals surface area contributed by atoms with Crippen molar-refractivity contribution >= 4 is 40.5 Å². The van der Waals surface area contributed by atoms with Gasteiger partial charge in [0.1, 0.15) is 5.82 Å². The van der Waals surface area contributed by atoms with Crippen molar-refractivity contribution in [2.75, 3.05) is 23.7 Å². The van der Waals surface area contributed by atoms with Gasteiger partial charge < -0.3 is 15.5 Å². The van der Waals surface area contributed by atoms with Crippen LogP contribution in [0.3, 0.4) is 0 Å². The molecule has 0 atom stereocenters. The van der Waals surface area contributed by atoms with Gasteiger partial charge in [-0.25, -0.2) is 4.39 Å². The van der Waals surface area contributed by atoms with E-state index in [1.54, 1.807) is 41.3 Å². The summed E-state index contributed by atoms with van der Waals surface area (Å²) in [5.41, 5.74) is 2.46. The number of hydrogen-bond acceptors (Lipinski definition) is 6. The fourth-order valence-corrected chi connectivity index (χ4v) is 3.96. The van der Waals surface area contributed by atoms with E-state index >= 15 is 0 Å². The number of nitrogens with one attached hydrogen (secondary N) is 2. The third kappa shape index (κ3) is 5.46. The van der Waals surface area contributed by atoms with E-state index in [9.17, 15) is 14.0 Å². The molecule has 0 radical (unpaired) electrons. The smallest absolute Gasteiger partial charge is 0.255 e. The molecule has 1 saturated heterocycles. The molecule has 1 aliphatic heterocycles. The lowest BCUT2D eigenvalue weighted by atomic mass is 10.1. The SMILES string of the molecule is CC(=O)c1nnc(Nc2ccc(C(=O)N3CCCC3)c(Cl)c2)cc1NCc1cccc(F)c1. The first-order valence-electron chi connectivity index (χ1n) is 10.6. The number of carbonyl (C=O) groups is 2. The largest absolute Gasteiger partial charge is 0.379 e. The van der Waals surface area contributed by atoms with Crippen molar-refractivity contribution in [1.82, 2.24) is 15.1 Å². The molecule has 0 spiro atoms. The number of hydrogen-bond donors (Lipinski definition) is 2. The van der Waals surface area contributed by atoms with Crippen molar-refractivity contribution < 1.29 is 14.0 Å². The summed E-state index contributed by atoms with van der Waals surface area (Å²) in [5.74, 6) is -0.265. The summed E-state index contributed by atoms with van der Waals surface area (Å²) in [6, 6.07) is 12.9. The molecule has 0 unspecified atom stereocenters. The molecule has 0 saturated carbocycles. The van der Waals surface area contributed by atoms with Crippen molar-refractivity contribution in [3.8, 4) is 0 Å². The average molecular weight is 468 g/mol. The van der Waals surface area contributed by atoms with Gasteiger partial charge in [0.2, 0.25) is 0 Å². The Morgan fingerprint density at radius 2 is 1.88 bits per heavy atom. The van der Waals surface area contributed by atoms with Crippen molar-refractivity contribution in [3.05, 3.63) is 76.2 Å². The maximum absolute atomic E-state index is 13.5. The number of rotatable bonds is 7. The number of amides is 1. The number of Topliss-reactive ketones (excluding diaryl/α,β-unsaturated/α-hetero) is 1. The van der Waals surface area contributed by atoms with E-state index in [4.69, 9.17) is 11.6 Å². The molecular weight excluding hydrogens is 445 g/mol. The normalized spacial score (nSPS) is 13.1. The first-order valence-corrected chi connectivity index (χ1v) is 11.0. The summed E-state index contributed by atoms with van der Waals surface area (Å²) in [6.07, 6.45) is 2.01. The fourth-order valence-electron chi connectivity index (χ4n) is 3.70. The Morgan fingerprint density at radius 1 is 1.09 bits per heavy atom. The molecule has 33 heavy (non-hydrogen) atoms. The Hall–Kier alpha value is -3.52. The Labute approximate surface area is 196 Å². The van der Waals surface area contributed by atoms with E-state index in [1.165, 1.54) is 19.1 Å². The standard InChI is InChI=1S/C24H23ClFN5O2/c1-15(32)23-21(27-14-16-5-4-6-17(26)11-16)13-22(29-30-23)28-18-7-8-19(20(25)12-18)24(33)31-9-2-3-10-31/h4-8,11-13H,2-3,9-10,14H2,1H3,(H2,27,28,29). The van der Waals surface area contributed by atoms with Crippen molar-refractivity contribution in [3.63, 3.8) is 0 Å². The lowest BCUT2D eigenvalue weighted by Crippen LogP contribution is -2.27. The molecule has 3 aromatic rings. The van der Waals surface area contributed by atoms with E-state index in [1.807, 2.05) is 0 Å². The quantitative estimate of drug-likeness (QED) is 0.472. The van der Waals surface area contributed by atoms with Crippen LogP contribution in [-0.4, -0.2) is 39.9 Å². The second kappa shape index (κ2) is 9.95. The lowest BCUT2D eigenvalue weighted by Gasteiger charge is -2.17. The van der Waals surface area contributed by atoms with E-state index in [2.05, 4.69) is 20.8 Å². The van der Waals surface area contributed by atoms with Crippen LogP contribution in [0.5, 0.6) is 0 Å². The second-order valence-electron chi connectivity index (χ2n) is 7.85. The highest BCUT2D eigenvalue weighted by Crippen LogP contribution is 2.27. The van der Waals surface area contributed by atoms with Gasteiger partial charge in [-0.15, -0.1) is 10.2 Å². The van der Waals surface area contributed by atoms with E-state index in [0.29, 0.717) is 34.3 Å². The van der Waals surface area contributed by atoms with Crippen molar-refractivity contribution in [2.45, 2.75) is 26.3 Å². The predicted molar refractivity (Wildman–Crippen MR) is 126 cm³/mol. The van der Waals surface area contributed by atoms with Gasteiger partial charge in [-0.05, 0) is 48.7 Å². The van der Waals surface area contributed by atoms with Crippen molar-refractivity contribution in [1.29, 1.82) is 0 Å². The molecule has 2 N–H and O–H groups in total. The van der Waals surface area contributed by atoms with Crippen LogP contribution in [0.15, 0.2) is 48.5 Å². The van der Waals surface area contributed by atoms with Crippen LogP contribution in [0.1, 0.15) is 46.2 Å². The summed E-state index contributed by atoms with van der Waals surface area (Å²) in [6.45, 7) is 3.21. The van der Waals surface area contributed by atoms with Gasteiger partial charge in [-0.2, -0.15) is 0 Å². The molecule has 1 fully saturated rings. The highest BCUT2D eigenvalue weighted by Gasteiger charge is 2.21. The third-order valence-corrected chi connectivity index (χ3v) is 5.68. The summed E-state index contributed by atoms with van der Waals surface area (Å²) >= 11 is 6.39. The predicted octanol–water partition coefficient (Wildman–Crippen LogP) is 5.06. The molecule has 1 amide bonds. The maximum Gasteiger partial charge on any atom is 0.255 e. The van der Waals surface area contributed by atoms with Gasteiger partial charge >= 0.3 is 0 Å². The molecule has 1 aromatic heterocycles. The van der Waals surface area contributed by atoms with Crippen LogP contribution in [0.4, 0.5) is 21.6 Å². The Kier molecular flexibility index (Phi) is 6.84. The lowest BCUT2D eigenvalue weighted by molar-refractivity contribution is 0.0792. The van der Waals surface area contributed by atoms with Crippen LogP contribution in [-0.2, 0) is 6.54 Å². The number of ketones is 1. The van der Waals surface area contributed by atoms with Gasteiger partial charge in [0.25, 0.3) is 5.91 Å². The molecule has 0 aliphatic carbocycles. The summed E-state index contributed by atoms with van der Waals surface area (Å²) in [4.78, 5) is 26.4. The Morgan fingerprint density at radius 3 is 2.58 bits per heavy atom. The van der Waals surface area contributed by atoms with Gasteiger partial charge in [-0.3, -0.25) is 9.59 Å². The number of aromatic nitrogens is 2. The number of halogens is 2. The topological polar surface area (TPSA) is 87.2 Å². The first kappa shape index (κ1) is 22.7. The number of likely N-dealkylation sites (tertiary alicyclic amines) is 1. The van der Waals surface area contributed by atoms with Gasteiger partial charge in [-0.1, -0.05) is 23.7 Å².